The summed E-state index contributed by atoms with van der Waals surface area (Å²) in [5, 5.41) is 1.95. The van der Waals surface area contributed by atoms with Crippen LogP contribution in [0.5, 0.6) is 0 Å². The van der Waals surface area contributed by atoms with Gasteiger partial charge in [-0.05, 0) is 18.2 Å². The number of anilines is 1. The normalized spacial score (nSPS) is 11.2. The van der Waals surface area contributed by atoms with E-state index in [9.17, 15) is 0 Å². The summed E-state index contributed by atoms with van der Waals surface area (Å²) < 4.78 is 1.56. The van der Waals surface area contributed by atoms with Crippen LogP contribution < -0.4 is 11.6 Å². The molecule has 5 heteroatoms. The van der Waals surface area contributed by atoms with E-state index in [4.69, 9.17) is 11.6 Å². The predicted octanol–water partition coefficient (Wildman–Crippen LogP) is 0.881. The quantitative estimate of drug-likeness (QED) is 0.526. The number of nitrogens with zero attached hydrogens (tertiary/aromatic N) is 3. The van der Waals surface area contributed by atoms with Gasteiger partial charge in [-0.1, -0.05) is 0 Å². The molecule has 0 amide bonds. The summed E-state index contributed by atoms with van der Waals surface area (Å²) in [7, 11) is 0. The number of benzene rings is 1. The van der Waals surface area contributed by atoms with E-state index in [2.05, 4.69) is 9.97 Å². The van der Waals surface area contributed by atoms with Crippen molar-refractivity contribution in [3.8, 4) is 0 Å². The lowest BCUT2D eigenvalue weighted by Gasteiger charge is -2.00. The third kappa shape index (κ3) is 1.03. The molecule has 0 aliphatic heterocycles. The molecule has 0 bridgehead atoms. The molecule has 2 heterocycles. The Balaban J connectivity index is 2.57. The first kappa shape index (κ1) is 8.05. The zero-order chi connectivity index (χ0) is 10.4. The fourth-order valence-electron chi connectivity index (χ4n) is 1.75. The highest BCUT2D eigenvalue weighted by molar-refractivity contribution is 6.04. The first-order valence-electron chi connectivity index (χ1n) is 4.53. The van der Waals surface area contributed by atoms with Crippen LogP contribution in [0.25, 0.3) is 21.8 Å². The second-order valence-corrected chi connectivity index (χ2v) is 3.39. The van der Waals surface area contributed by atoms with Gasteiger partial charge in [0.25, 0.3) is 0 Å². The van der Waals surface area contributed by atoms with E-state index >= 15 is 0 Å². The molecule has 0 radical (unpaired) electrons. The predicted molar refractivity (Wildman–Crippen MR) is 59.6 cm³/mol. The number of hydrogen-bond acceptors (Lipinski definition) is 4. The lowest BCUT2D eigenvalue weighted by atomic mass is 10.2. The van der Waals surface area contributed by atoms with Crippen LogP contribution in [0, 0.1) is 0 Å². The van der Waals surface area contributed by atoms with Crippen molar-refractivity contribution < 1.29 is 0 Å². The standard InChI is InChI=1S/C10H9N5/c11-10-13-5-6-1-2-8-7(9(6)14-10)3-4-15(8)12/h1-5H,12H2,(H2,11,13,14). The summed E-state index contributed by atoms with van der Waals surface area (Å²) >= 11 is 0. The number of rotatable bonds is 0. The fourth-order valence-corrected chi connectivity index (χ4v) is 1.75. The minimum atomic E-state index is 0.278. The molecule has 3 aromatic rings. The molecule has 0 spiro atoms. The molecule has 0 saturated heterocycles. The van der Waals surface area contributed by atoms with Crippen molar-refractivity contribution in [2.45, 2.75) is 0 Å². The molecule has 3 rings (SSSR count). The fraction of sp³-hybridized carbons (Fsp3) is 0. The Morgan fingerprint density at radius 2 is 2.07 bits per heavy atom. The minimum absolute atomic E-state index is 0.278. The van der Waals surface area contributed by atoms with Crippen LogP contribution in [0.15, 0.2) is 30.6 Å². The van der Waals surface area contributed by atoms with Gasteiger partial charge in [-0.3, -0.25) is 4.68 Å². The van der Waals surface area contributed by atoms with Gasteiger partial charge in [-0.25, -0.2) is 9.97 Å². The van der Waals surface area contributed by atoms with E-state index in [1.807, 2.05) is 18.2 Å². The van der Waals surface area contributed by atoms with E-state index in [-0.39, 0.29) is 5.95 Å². The minimum Gasteiger partial charge on any atom is -0.368 e. The Morgan fingerprint density at radius 1 is 1.20 bits per heavy atom. The Hall–Kier alpha value is -2.30. The third-order valence-corrected chi connectivity index (χ3v) is 2.47. The Kier molecular flexibility index (Phi) is 1.39. The molecule has 15 heavy (non-hydrogen) atoms. The molecule has 0 aliphatic rings. The van der Waals surface area contributed by atoms with Crippen molar-refractivity contribution in [3.63, 3.8) is 0 Å². The Bertz CT molecular complexity index is 655. The number of hydrogen-bond donors (Lipinski definition) is 2. The van der Waals surface area contributed by atoms with Crippen molar-refractivity contribution in [3.05, 3.63) is 30.6 Å². The maximum atomic E-state index is 5.75. The first-order valence-corrected chi connectivity index (χ1v) is 4.53. The average Bonchev–Trinajstić information content (AvgIpc) is 2.61. The molecule has 0 atom stereocenters. The lowest BCUT2D eigenvalue weighted by molar-refractivity contribution is 1.07. The van der Waals surface area contributed by atoms with Crippen molar-refractivity contribution >= 4 is 27.8 Å². The monoisotopic (exact) mass is 199 g/mol. The Labute approximate surface area is 85.3 Å². The summed E-state index contributed by atoms with van der Waals surface area (Å²) in [5.74, 6) is 6.02. The number of fused-ring (bicyclic) bond motifs is 3. The summed E-state index contributed by atoms with van der Waals surface area (Å²) in [6, 6.07) is 5.79. The molecule has 1 aromatic carbocycles. The highest BCUT2D eigenvalue weighted by Gasteiger charge is 2.05. The second kappa shape index (κ2) is 2.60. The number of aromatic nitrogens is 3. The van der Waals surface area contributed by atoms with Crippen molar-refractivity contribution in [1.82, 2.24) is 14.6 Å². The number of nitrogens with two attached hydrogens (primary N) is 2. The van der Waals surface area contributed by atoms with E-state index in [0.29, 0.717) is 0 Å². The molecular formula is C10H9N5. The van der Waals surface area contributed by atoms with Gasteiger partial charge in [-0.2, -0.15) is 0 Å². The average molecular weight is 199 g/mol. The zero-order valence-electron chi connectivity index (χ0n) is 7.88. The van der Waals surface area contributed by atoms with Gasteiger partial charge in [0, 0.05) is 23.2 Å². The molecule has 4 N–H and O–H groups in total. The summed E-state index contributed by atoms with van der Waals surface area (Å²) in [4.78, 5) is 8.16. The summed E-state index contributed by atoms with van der Waals surface area (Å²) in [5.41, 5.74) is 7.33. The summed E-state index contributed by atoms with van der Waals surface area (Å²) in [6.07, 6.45) is 3.51. The van der Waals surface area contributed by atoms with Gasteiger partial charge in [0.05, 0.1) is 11.0 Å². The molecule has 0 aliphatic carbocycles. The van der Waals surface area contributed by atoms with Gasteiger partial charge in [0.2, 0.25) is 5.95 Å². The highest BCUT2D eigenvalue weighted by atomic mass is 15.3. The number of nitrogen functional groups attached to an aromatic ring is 2. The SMILES string of the molecule is Nc1ncc2ccc3c(ccn3N)c2n1. The van der Waals surface area contributed by atoms with Gasteiger partial charge >= 0.3 is 0 Å². The van der Waals surface area contributed by atoms with E-state index in [1.165, 1.54) is 0 Å². The molecule has 2 aromatic heterocycles. The van der Waals surface area contributed by atoms with Crippen molar-refractivity contribution in [2.24, 2.45) is 0 Å². The molecular weight excluding hydrogens is 190 g/mol. The largest absolute Gasteiger partial charge is 0.368 e. The molecule has 0 saturated carbocycles. The van der Waals surface area contributed by atoms with Crippen molar-refractivity contribution in [1.29, 1.82) is 0 Å². The maximum absolute atomic E-state index is 5.75. The molecule has 0 unspecified atom stereocenters. The van der Waals surface area contributed by atoms with Crippen molar-refractivity contribution in [2.75, 3.05) is 11.6 Å². The molecule has 74 valence electrons. The topological polar surface area (TPSA) is 82.8 Å². The van der Waals surface area contributed by atoms with Crippen LogP contribution in [-0.2, 0) is 0 Å². The third-order valence-electron chi connectivity index (χ3n) is 2.47. The second-order valence-electron chi connectivity index (χ2n) is 3.39. The van der Waals surface area contributed by atoms with Crippen LogP contribution in [0.3, 0.4) is 0 Å². The van der Waals surface area contributed by atoms with Gasteiger partial charge in [0.1, 0.15) is 0 Å². The summed E-state index contributed by atoms with van der Waals surface area (Å²) in [6.45, 7) is 0. The Morgan fingerprint density at radius 3 is 2.93 bits per heavy atom. The maximum Gasteiger partial charge on any atom is 0.220 e. The van der Waals surface area contributed by atoms with E-state index < -0.39 is 0 Å². The van der Waals surface area contributed by atoms with Crippen LogP contribution in [0.1, 0.15) is 0 Å². The molecule has 5 nitrogen and oxygen atoms in total. The zero-order valence-corrected chi connectivity index (χ0v) is 7.88. The van der Waals surface area contributed by atoms with Crippen LogP contribution >= 0.6 is 0 Å². The van der Waals surface area contributed by atoms with Gasteiger partial charge in [0.15, 0.2) is 0 Å². The smallest absolute Gasteiger partial charge is 0.220 e. The van der Waals surface area contributed by atoms with Crippen LogP contribution in [-0.4, -0.2) is 14.6 Å². The molecule has 0 fully saturated rings. The lowest BCUT2D eigenvalue weighted by Crippen LogP contribution is -2.04. The van der Waals surface area contributed by atoms with E-state index in [0.717, 1.165) is 21.8 Å². The van der Waals surface area contributed by atoms with E-state index in [1.54, 1.807) is 17.1 Å². The van der Waals surface area contributed by atoms with Gasteiger partial charge in [-0.15, -0.1) is 0 Å². The highest BCUT2D eigenvalue weighted by Crippen LogP contribution is 2.23. The van der Waals surface area contributed by atoms with Gasteiger partial charge < -0.3 is 11.6 Å². The van der Waals surface area contributed by atoms with Crippen LogP contribution in [0.2, 0.25) is 0 Å². The van der Waals surface area contributed by atoms with Crippen LogP contribution in [0.4, 0.5) is 5.95 Å². The first-order chi connectivity index (χ1) is 7.25.